The zero-order chi connectivity index (χ0) is 30.3. The number of hydrogen-bond donors (Lipinski definition) is 3. The van der Waals surface area contributed by atoms with Crippen LogP contribution in [0.1, 0.15) is 85.5 Å². The van der Waals surface area contributed by atoms with Crippen molar-refractivity contribution < 1.29 is 37.4 Å². The van der Waals surface area contributed by atoms with Gasteiger partial charge in [0.05, 0.1) is 12.8 Å². The Bertz CT molecular complexity index is 1030. The van der Waals surface area contributed by atoms with Gasteiger partial charge in [0.25, 0.3) is 0 Å². The summed E-state index contributed by atoms with van der Waals surface area (Å²) in [5.74, 6) is -2.13. The van der Waals surface area contributed by atoms with Gasteiger partial charge in [0.2, 0.25) is 21.8 Å². The van der Waals surface area contributed by atoms with E-state index in [0.717, 1.165) is 49.1 Å². The molecule has 2 aliphatic rings. The van der Waals surface area contributed by atoms with E-state index >= 15 is 0 Å². The number of rotatable bonds is 15. The molecule has 0 aromatic heterocycles. The Hall–Kier alpha value is -2.41. The molecule has 1 saturated carbocycles. The predicted octanol–water partition coefficient (Wildman–Crippen LogP) is 2.33. The summed E-state index contributed by atoms with van der Waals surface area (Å²) in [5, 5.41) is 15.0. The Kier molecular flexibility index (Phi) is 11.8. The lowest BCUT2D eigenvalue weighted by Gasteiger charge is -2.32. The maximum absolute atomic E-state index is 13.1. The van der Waals surface area contributed by atoms with E-state index in [-0.39, 0.29) is 12.5 Å². The van der Waals surface area contributed by atoms with Crippen LogP contribution in [0.2, 0.25) is 0 Å². The maximum atomic E-state index is 13.1. The van der Waals surface area contributed by atoms with Crippen molar-refractivity contribution in [2.24, 2.45) is 11.3 Å². The summed E-state index contributed by atoms with van der Waals surface area (Å²) in [4.78, 5) is 52.0. The number of carbonyl (C=O) groups excluding carboxylic acids is 3. The number of likely N-dealkylation sites (N-methyl/N-ethyl adjacent to an activating group) is 1. The Morgan fingerprint density at radius 2 is 1.80 bits per heavy atom. The Balaban J connectivity index is 1.91. The van der Waals surface area contributed by atoms with Crippen LogP contribution in [0.5, 0.6) is 0 Å². The van der Waals surface area contributed by atoms with Gasteiger partial charge < -0.3 is 25.4 Å². The summed E-state index contributed by atoms with van der Waals surface area (Å²) in [6, 6.07) is -0.807. The zero-order valence-electron chi connectivity index (χ0n) is 24.8. The molecule has 40 heavy (non-hydrogen) atoms. The van der Waals surface area contributed by atoms with Crippen LogP contribution in [-0.4, -0.2) is 97.2 Å². The highest BCUT2D eigenvalue weighted by molar-refractivity contribution is 7.88. The van der Waals surface area contributed by atoms with Crippen molar-refractivity contribution in [2.75, 3.05) is 32.9 Å². The van der Waals surface area contributed by atoms with Crippen LogP contribution in [0.25, 0.3) is 0 Å². The summed E-state index contributed by atoms with van der Waals surface area (Å²) in [7, 11) is -2.09. The molecule has 3 amide bonds. The number of unbranched alkanes of at least 4 members (excludes halogenated alkanes) is 4. The zero-order valence-corrected chi connectivity index (χ0v) is 25.6. The van der Waals surface area contributed by atoms with Gasteiger partial charge >= 0.3 is 12.1 Å². The van der Waals surface area contributed by atoms with E-state index in [0.29, 0.717) is 25.8 Å². The third kappa shape index (κ3) is 9.32. The van der Waals surface area contributed by atoms with Crippen LogP contribution in [0, 0.1) is 11.3 Å². The number of sulfonamides is 1. The number of nitrogens with one attached hydrogen (secondary N) is 2. The molecule has 2 unspecified atom stereocenters. The van der Waals surface area contributed by atoms with Crippen LogP contribution in [0.3, 0.4) is 0 Å². The monoisotopic (exact) mass is 588 g/mol. The summed E-state index contributed by atoms with van der Waals surface area (Å²) in [6.45, 7) is 7.41. The smallest absolute Gasteiger partial charge is 0.407 e. The standard InChI is InChI=1S/C27H48N4O8S/c1-7-8-9-10-11-13-19-16-27(19,24(34)35)29-23(33)20-14-12-15-31(20)22(32)17-28-25(36)39-21(26(2,3)4)18-30(5)40(6,37)38/h19-21H,7-18H2,1-6H3,(H,28,36)(H,29,33)(H,34,35)/t19?,20-,21?,27+/m0/s1. The fourth-order valence-corrected chi connectivity index (χ4v) is 5.47. The van der Waals surface area contributed by atoms with Crippen LogP contribution < -0.4 is 10.6 Å². The van der Waals surface area contributed by atoms with E-state index < -0.39 is 63.5 Å². The number of carbonyl (C=O) groups is 4. The van der Waals surface area contributed by atoms with Crippen molar-refractivity contribution in [1.29, 1.82) is 0 Å². The molecule has 0 spiro atoms. The molecule has 0 radical (unpaired) electrons. The molecule has 2 fully saturated rings. The first-order valence-electron chi connectivity index (χ1n) is 14.2. The van der Waals surface area contributed by atoms with E-state index in [1.54, 1.807) is 20.8 Å². The number of amides is 3. The topological polar surface area (TPSA) is 162 Å². The second-order valence-corrected chi connectivity index (χ2v) is 14.4. The SMILES string of the molecule is CCCCCCCC1C[C@]1(NC(=O)[C@@H]1CCCN1C(=O)CNC(=O)OC(CN(C)S(C)(=O)=O)C(C)(C)C)C(=O)O. The van der Waals surface area contributed by atoms with Gasteiger partial charge in [0, 0.05) is 19.0 Å². The number of nitrogens with zero attached hydrogens (tertiary/aromatic N) is 2. The van der Waals surface area contributed by atoms with Crippen molar-refractivity contribution >= 4 is 33.9 Å². The number of likely N-dealkylation sites (tertiary alicyclic amines) is 1. The number of alkyl carbamates (subject to hydrolysis) is 1. The molecule has 0 aromatic carbocycles. The third-order valence-electron chi connectivity index (χ3n) is 7.95. The van der Waals surface area contributed by atoms with Crippen molar-refractivity contribution in [3.05, 3.63) is 0 Å². The molecular weight excluding hydrogens is 540 g/mol. The van der Waals surface area contributed by atoms with Gasteiger partial charge in [-0.2, -0.15) is 0 Å². The number of hydrogen-bond acceptors (Lipinski definition) is 7. The molecule has 1 aliphatic carbocycles. The fourth-order valence-electron chi connectivity index (χ4n) is 5.06. The molecule has 3 N–H and O–H groups in total. The average molecular weight is 589 g/mol. The molecule has 0 bridgehead atoms. The molecule has 0 aromatic rings. The first kappa shape index (κ1) is 33.8. The van der Waals surface area contributed by atoms with Crippen LogP contribution in [-0.2, 0) is 29.1 Å². The second kappa shape index (κ2) is 14.0. The highest BCUT2D eigenvalue weighted by Gasteiger charge is 2.61. The first-order chi connectivity index (χ1) is 18.5. The van der Waals surface area contributed by atoms with Crippen molar-refractivity contribution in [1.82, 2.24) is 19.8 Å². The normalized spacial score (nSPS) is 23.5. The number of ether oxygens (including phenoxy) is 1. The van der Waals surface area contributed by atoms with E-state index in [4.69, 9.17) is 4.74 Å². The van der Waals surface area contributed by atoms with Crippen LogP contribution in [0.4, 0.5) is 4.79 Å². The summed E-state index contributed by atoms with van der Waals surface area (Å²) < 4.78 is 30.2. The minimum atomic E-state index is -3.48. The molecule has 1 aliphatic heterocycles. The molecule has 4 atom stereocenters. The highest BCUT2D eigenvalue weighted by Crippen LogP contribution is 2.47. The van der Waals surface area contributed by atoms with Gasteiger partial charge in [-0.05, 0) is 31.6 Å². The van der Waals surface area contributed by atoms with Crippen LogP contribution in [0.15, 0.2) is 0 Å². The Morgan fingerprint density at radius 3 is 2.38 bits per heavy atom. The molecule has 2 rings (SSSR count). The van der Waals surface area contributed by atoms with E-state index in [1.165, 1.54) is 11.9 Å². The first-order valence-corrected chi connectivity index (χ1v) is 16.1. The summed E-state index contributed by atoms with van der Waals surface area (Å²) in [5.41, 5.74) is -1.85. The molecule has 1 heterocycles. The van der Waals surface area contributed by atoms with Gasteiger partial charge in [-0.1, -0.05) is 59.8 Å². The molecule has 13 heteroatoms. The minimum Gasteiger partial charge on any atom is -0.479 e. The largest absolute Gasteiger partial charge is 0.479 e. The quantitative estimate of drug-likeness (QED) is 0.246. The lowest BCUT2D eigenvalue weighted by Crippen LogP contribution is -2.54. The van der Waals surface area contributed by atoms with Gasteiger partial charge in [-0.25, -0.2) is 22.3 Å². The van der Waals surface area contributed by atoms with Crippen molar-refractivity contribution in [3.8, 4) is 0 Å². The van der Waals surface area contributed by atoms with Gasteiger partial charge in [-0.15, -0.1) is 0 Å². The van der Waals surface area contributed by atoms with Crippen molar-refractivity contribution in [3.63, 3.8) is 0 Å². The number of carboxylic acid groups (broad SMARTS) is 1. The van der Waals surface area contributed by atoms with Crippen LogP contribution >= 0.6 is 0 Å². The molecular formula is C27H48N4O8S. The lowest BCUT2D eigenvalue weighted by molar-refractivity contribution is -0.145. The Labute approximate surface area is 238 Å². The maximum Gasteiger partial charge on any atom is 0.407 e. The third-order valence-corrected chi connectivity index (χ3v) is 9.23. The van der Waals surface area contributed by atoms with E-state index in [2.05, 4.69) is 17.6 Å². The van der Waals surface area contributed by atoms with Gasteiger partial charge in [-0.3, -0.25) is 9.59 Å². The highest BCUT2D eigenvalue weighted by atomic mass is 32.2. The number of carboxylic acids is 1. The summed E-state index contributed by atoms with van der Waals surface area (Å²) >= 11 is 0. The van der Waals surface area contributed by atoms with Gasteiger partial charge in [0.15, 0.2) is 0 Å². The van der Waals surface area contributed by atoms with E-state index in [9.17, 15) is 32.7 Å². The Morgan fingerprint density at radius 1 is 1.15 bits per heavy atom. The fraction of sp³-hybridized carbons (Fsp3) is 0.852. The average Bonchev–Trinajstić information content (AvgIpc) is 3.31. The van der Waals surface area contributed by atoms with E-state index in [1.807, 2.05) is 0 Å². The van der Waals surface area contributed by atoms with Gasteiger partial charge in [0.1, 0.15) is 24.2 Å². The van der Waals surface area contributed by atoms with Crippen molar-refractivity contribution in [2.45, 2.75) is 103 Å². The lowest BCUT2D eigenvalue weighted by atomic mass is 9.89. The second-order valence-electron chi connectivity index (χ2n) is 12.3. The predicted molar refractivity (Wildman–Crippen MR) is 150 cm³/mol. The summed E-state index contributed by atoms with van der Waals surface area (Å²) in [6.07, 6.45) is 6.89. The number of aliphatic carboxylic acids is 1. The minimum absolute atomic E-state index is 0.0524. The molecule has 12 nitrogen and oxygen atoms in total. The molecule has 230 valence electrons. The molecule has 1 saturated heterocycles.